The molecule has 0 bridgehead atoms. The van der Waals surface area contributed by atoms with Crippen molar-refractivity contribution in [2.24, 2.45) is 5.14 Å². The summed E-state index contributed by atoms with van der Waals surface area (Å²) in [5.41, 5.74) is 1.79. The van der Waals surface area contributed by atoms with E-state index in [1.165, 1.54) is 18.6 Å². The first-order valence-corrected chi connectivity index (χ1v) is 11.9. The number of benzene rings is 2. The van der Waals surface area contributed by atoms with Gasteiger partial charge in [-0.25, -0.2) is 13.6 Å². The number of nitrogens with one attached hydrogen (secondary N) is 2. The molecule has 1 unspecified atom stereocenters. The minimum Gasteiger partial charge on any atom is -0.360 e. The molecule has 1 fully saturated rings. The normalized spacial score (nSPS) is 19.7. The number of fused-ring (bicyclic) bond motifs is 1. The van der Waals surface area contributed by atoms with Crippen LogP contribution >= 0.6 is 12.2 Å². The zero-order valence-electron chi connectivity index (χ0n) is 16.4. The minimum atomic E-state index is -3.90. The second-order valence-electron chi connectivity index (χ2n) is 7.68. The van der Waals surface area contributed by atoms with Gasteiger partial charge in [-0.05, 0) is 48.8 Å². The second-order valence-corrected chi connectivity index (χ2v) is 9.63. The van der Waals surface area contributed by atoms with Gasteiger partial charge in [0.2, 0.25) is 10.0 Å². The molecule has 7 nitrogen and oxygen atoms in total. The Labute approximate surface area is 181 Å². The molecule has 1 aliphatic heterocycles. The molecule has 0 spiro atoms. The van der Waals surface area contributed by atoms with Gasteiger partial charge in [0.15, 0.2) is 5.11 Å². The number of amides is 1. The van der Waals surface area contributed by atoms with Crippen LogP contribution < -0.4 is 20.7 Å². The van der Waals surface area contributed by atoms with Gasteiger partial charge in [0.05, 0.1) is 16.3 Å². The molecule has 1 atom stereocenters. The number of carbonyl (C=O) groups excluding carboxylic acids is 1. The van der Waals surface area contributed by atoms with Crippen molar-refractivity contribution in [3.05, 3.63) is 54.1 Å². The summed E-state index contributed by atoms with van der Waals surface area (Å²) in [6.07, 6.45) is 5.60. The molecule has 0 aromatic heterocycles. The maximum absolute atomic E-state index is 13.1. The summed E-state index contributed by atoms with van der Waals surface area (Å²) in [4.78, 5) is 14.8. The molecule has 4 N–H and O–H groups in total. The van der Waals surface area contributed by atoms with Crippen molar-refractivity contribution in [1.82, 2.24) is 5.32 Å². The lowest BCUT2D eigenvalue weighted by Gasteiger charge is -2.39. The number of carbonyl (C=O) groups is 1. The molecule has 1 aliphatic carbocycles. The zero-order valence-corrected chi connectivity index (χ0v) is 18.0. The number of hydrogen-bond acceptors (Lipinski definition) is 4. The smallest absolute Gasteiger partial charge is 0.252 e. The van der Waals surface area contributed by atoms with Crippen LogP contribution in [0, 0.1) is 0 Å². The van der Waals surface area contributed by atoms with Gasteiger partial charge in [0.25, 0.3) is 5.91 Å². The molecule has 9 heteroatoms. The van der Waals surface area contributed by atoms with E-state index in [0.29, 0.717) is 16.5 Å². The summed E-state index contributed by atoms with van der Waals surface area (Å²) in [5, 5.41) is 12.0. The van der Waals surface area contributed by atoms with E-state index in [0.717, 1.165) is 31.2 Å². The first-order chi connectivity index (χ1) is 14.3. The molecule has 1 heterocycles. The molecule has 1 saturated carbocycles. The summed E-state index contributed by atoms with van der Waals surface area (Å²) in [6.45, 7) is 0. The minimum absolute atomic E-state index is 0.0641. The van der Waals surface area contributed by atoms with Crippen molar-refractivity contribution in [2.45, 2.75) is 49.1 Å². The SMILES string of the molecule is NS(=O)(=O)c1ccc2c(c1)NC(=O)C(c1ccccc1)N2C(=S)NC1CCCCC1. The fourth-order valence-corrected chi connectivity index (χ4v) is 5.02. The predicted octanol–water partition coefficient (Wildman–Crippen LogP) is 3.04. The molecule has 2 aliphatic rings. The lowest BCUT2D eigenvalue weighted by molar-refractivity contribution is -0.117. The van der Waals surface area contributed by atoms with Crippen LogP contribution in [0.3, 0.4) is 0 Å². The number of primary sulfonamides is 1. The number of anilines is 2. The van der Waals surface area contributed by atoms with E-state index in [1.54, 1.807) is 11.0 Å². The van der Waals surface area contributed by atoms with Crippen molar-refractivity contribution in [1.29, 1.82) is 0 Å². The topological polar surface area (TPSA) is 105 Å². The number of sulfonamides is 1. The van der Waals surface area contributed by atoms with Crippen LogP contribution in [0.1, 0.15) is 43.7 Å². The van der Waals surface area contributed by atoms with Crippen molar-refractivity contribution < 1.29 is 13.2 Å². The third-order valence-electron chi connectivity index (χ3n) is 5.59. The zero-order chi connectivity index (χ0) is 21.3. The largest absolute Gasteiger partial charge is 0.360 e. The van der Waals surface area contributed by atoms with Crippen LogP contribution in [0.5, 0.6) is 0 Å². The van der Waals surface area contributed by atoms with E-state index in [2.05, 4.69) is 10.6 Å². The molecular weight excluding hydrogens is 420 g/mol. The fourth-order valence-electron chi connectivity index (χ4n) is 4.11. The predicted molar refractivity (Wildman–Crippen MR) is 121 cm³/mol. The summed E-state index contributed by atoms with van der Waals surface area (Å²) in [6, 6.07) is 13.4. The maximum Gasteiger partial charge on any atom is 0.252 e. The van der Waals surface area contributed by atoms with Gasteiger partial charge in [0, 0.05) is 6.04 Å². The quantitative estimate of drug-likeness (QED) is 0.629. The van der Waals surface area contributed by atoms with Gasteiger partial charge in [-0.1, -0.05) is 49.6 Å². The van der Waals surface area contributed by atoms with E-state index >= 15 is 0 Å². The number of nitrogens with two attached hydrogens (primary N) is 1. The maximum atomic E-state index is 13.1. The molecule has 2 aromatic carbocycles. The average molecular weight is 445 g/mol. The highest BCUT2D eigenvalue weighted by atomic mass is 32.2. The first-order valence-electron chi connectivity index (χ1n) is 9.97. The van der Waals surface area contributed by atoms with Crippen molar-refractivity contribution in [3.8, 4) is 0 Å². The monoisotopic (exact) mass is 444 g/mol. The lowest BCUT2D eigenvalue weighted by Crippen LogP contribution is -2.51. The molecule has 30 heavy (non-hydrogen) atoms. The van der Waals surface area contributed by atoms with Gasteiger partial charge < -0.3 is 15.5 Å². The number of hydrogen-bond donors (Lipinski definition) is 3. The van der Waals surface area contributed by atoms with E-state index in [-0.39, 0.29) is 16.8 Å². The first kappa shape index (κ1) is 20.8. The molecule has 0 saturated heterocycles. The molecule has 2 aromatic rings. The molecule has 0 radical (unpaired) electrons. The van der Waals surface area contributed by atoms with Crippen LogP contribution in [-0.2, 0) is 14.8 Å². The second kappa shape index (κ2) is 8.33. The Hall–Kier alpha value is -2.49. The fraction of sp³-hybridized carbons (Fsp3) is 0.333. The van der Waals surface area contributed by atoms with Gasteiger partial charge in [-0.2, -0.15) is 0 Å². The van der Waals surface area contributed by atoms with Crippen LogP contribution in [0.2, 0.25) is 0 Å². The number of rotatable bonds is 3. The van der Waals surface area contributed by atoms with Gasteiger partial charge in [-0.3, -0.25) is 4.79 Å². The Bertz CT molecular complexity index is 1070. The van der Waals surface area contributed by atoms with Gasteiger partial charge in [-0.15, -0.1) is 0 Å². The van der Waals surface area contributed by atoms with Crippen LogP contribution in [0.15, 0.2) is 53.4 Å². The Morgan fingerprint density at radius 3 is 2.47 bits per heavy atom. The van der Waals surface area contributed by atoms with Crippen molar-refractivity contribution >= 4 is 44.6 Å². The van der Waals surface area contributed by atoms with Crippen LogP contribution in [0.4, 0.5) is 11.4 Å². The molecule has 1 amide bonds. The third kappa shape index (κ3) is 4.19. The number of thiocarbonyl (C=S) groups is 1. The van der Waals surface area contributed by atoms with Gasteiger partial charge >= 0.3 is 0 Å². The highest BCUT2D eigenvalue weighted by molar-refractivity contribution is 7.89. The van der Waals surface area contributed by atoms with Crippen LogP contribution in [0.25, 0.3) is 0 Å². The Kier molecular flexibility index (Phi) is 5.77. The van der Waals surface area contributed by atoms with Crippen LogP contribution in [-0.4, -0.2) is 25.5 Å². The summed E-state index contributed by atoms with van der Waals surface area (Å²) in [5.74, 6) is -0.284. The van der Waals surface area contributed by atoms with E-state index in [1.807, 2.05) is 30.3 Å². The third-order valence-corrected chi connectivity index (χ3v) is 6.81. The Balaban J connectivity index is 1.76. The molecular formula is C21H24N4O3S2. The average Bonchev–Trinajstić information content (AvgIpc) is 2.73. The summed E-state index contributed by atoms with van der Waals surface area (Å²) < 4.78 is 23.6. The summed E-state index contributed by atoms with van der Waals surface area (Å²) in [7, 11) is -3.90. The van der Waals surface area contributed by atoms with E-state index in [9.17, 15) is 13.2 Å². The van der Waals surface area contributed by atoms with Crippen molar-refractivity contribution in [2.75, 3.05) is 10.2 Å². The highest BCUT2D eigenvalue weighted by Gasteiger charge is 2.37. The lowest BCUT2D eigenvalue weighted by atomic mass is 9.95. The van der Waals surface area contributed by atoms with Crippen molar-refractivity contribution in [3.63, 3.8) is 0 Å². The van der Waals surface area contributed by atoms with E-state index in [4.69, 9.17) is 17.4 Å². The molecule has 4 rings (SSSR count). The molecule has 158 valence electrons. The highest BCUT2D eigenvalue weighted by Crippen LogP contribution is 2.39. The Morgan fingerprint density at radius 2 is 1.80 bits per heavy atom. The standard InChI is InChI=1S/C21H24N4O3S2/c22-30(27,28)16-11-12-18-17(13-16)24-20(26)19(14-7-3-1-4-8-14)25(18)21(29)23-15-9-5-2-6-10-15/h1,3-4,7-8,11-13,15,19H,2,5-6,9-10H2,(H,23,29)(H,24,26)(H2,22,27,28). The summed E-state index contributed by atoms with van der Waals surface area (Å²) >= 11 is 5.76. The Morgan fingerprint density at radius 1 is 1.10 bits per heavy atom. The van der Waals surface area contributed by atoms with Gasteiger partial charge in [0.1, 0.15) is 6.04 Å². The van der Waals surface area contributed by atoms with E-state index < -0.39 is 16.1 Å². The number of nitrogens with zero attached hydrogens (tertiary/aromatic N) is 1.